The maximum atomic E-state index is 11.0. The predicted octanol–water partition coefficient (Wildman–Crippen LogP) is 4.53. The van der Waals surface area contributed by atoms with Crippen molar-refractivity contribution in [1.82, 2.24) is 10.3 Å². The van der Waals surface area contributed by atoms with Gasteiger partial charge >= 0.3 is 0 Å². The molecule has 0 spiro atoms. The van der Waals surface area contributed by atoms with E-state index in [0.717, 1.165) is 41.7 Å². The number of hydrogen-bond acceptors (Lipinski definition) is 4. The third-order valence-electron chi connectivity index (χ3n) is 4.17. The molecule has 5 heteroatoms. The third kappa shape index (κ3) is 5.45. The van der Waals surface area contributed by atoms with Crippen LogP contribution in [0, 0.1) is 0 Å². The molecule has 0 aliphatic rings. The smallest absolute Gasteiger partial charge is 0.219 e. The number of pyridine rings is 1. The Balaban J connectivity index is 1.66. The van der Waals surface area contributed by atoms with E-state index in [4.69, 9.17) is 4.74 Å². The van der Waals surface area contributed by atoms with Crippen LogP contribution in [-0.2, 0) is 11.2 Å². The Hall–Kier alpha value is -3.08. The summed E-state index contributed by atoms with van der Waals surface area (Å²) in [7, 11) is 0. The Kier molecular flexibility index (Phi) is 6.26. The van der Waals surface area contributed by atoms with Crippen LogP contribution in [0.25, 0.3) is 10.9 Å². The first-order chi connectivity index (χ1) is 13.1. The highest BCUT2D eigenvalue weighted by molar-refractivity contribution is 5.80. The summed E-state index contributed by atoms with van der Waals surface area (Å²) in [5, 5.41) is 7.21. The van der Waals surface area contributed by atoms with Gasteiger partial charge in [0.2, 0.25) is 11.8 Å². The molecule has 0 saturated carbocycles. The summed E-state index contributed by atoms with van der Waals surface area (Å²) in [5.74, 6) is 1.33. The SMILES string of the molecule is CCCNc1ccc(Oc2ccc3cc(CCNC(C)=O)ccc3n2)cc1. The van der Waals surface area contributed by atoms with Gasteiger partial charge in [-0.2, -0.15) is 0 Å². The normalized spacial score (nSPS) is 10.6. The Labute approximate surface area is 159 Å². The van der Waals surface area contributed by atoms with Crippen molar-refractivity contribution in [1.29, 1.82) is 0 Å². The van der Waals surface area contributed by atoms with Gasteiger partial charge in [0.05, 0.1) is 5.52 Å². The quantitative estimate of drug-likeness (QED) is 0.617. The lowest BCUT2D eigenvalue weighted by molar-refractivity contribution is -0.118. The van der Waals surface area contributed by atoms with Gasteiger partial charge in [0, 0.05) is 37.2 Å². The fraction of sp³-hybridized carbons (Fsp3) is 0.273. The molecule has 0 fully saturated rings. The van der Waals surface area contributed by atoms with Crippen molar-refractivity contribution in [2.45, 2.75) is 26.7 Å². The number of benzene rings is 2. The molecule has 0 aliphatic carbocycles. The average Bonchev–Trinajstić information content (AvgIpc) is 2.67. The fourth-order valence-electron chi connectivity index (χ4n) is 2.78. The van der Waals surface area contributed by atoms with Crippen molar-refractivity contribution in [2.75, 3.05) is 18.4 Å². The van der Waals surface area contributed by atoms with E-state index in [9.17, 15) is 4.79 Å². The van der Waals surface area contributed by atoms with Crippen molar-refractivity contribution >= 4 is 22.5 Å². The second-order valence-electron chi connectivity index (χ2n) is 6.46. The van der Waals surface area contributed by atoms with Crippen LogP contribution in [-0.4, -0.2) is 24.0 Å². The molecule has 1 amide bonds. The number of aromatic nitrogens is 1. The number of anilines is 1. The van der Waals surface area contributed by atoms with Crippen molar-refractivity contribution in [3.63, 3.8) is 0 Å². The highest BCUT2D eigenvalue weighted by atomic mass is 16.5. The number of carbonyl (C=O) groups is 1. The molecular weight excluding hydrogens is 338 g/mol. The molecule has 0 aliphatic heterocycles. The molecule has 0 bridgehead atoms. The molecule has 0 atom stereocenters. The van der Waals surface area contributed by atoms with Gasteiger partial charge in [0.25, 0.3) is 0 Å². The van der Waals surface area contributed by atoms with Crippen LogP contribution in [0.2, 0.25) is 0 Å². The van der Waals surface area contributed by atoms with E-state index in [0.29, 0.717) is 12.4 Å². The standard InChI is InChI=1S/C22H25N3O2/c1-3-13-24-19-6-8-20(9-7-19)27-22-11-5-18-15-17(4-10-21(18)25-22)12-14-23-16(2)26/h4-11,15,24H,3,12-14H2,1-2H3,(H,23,26). The molecule has 2 N–H and O–H groups in total. The van der Waals surface area contributed by atoms with Crippen LogP contribution in [0.3, 0.4) is 0 Å². The number of nitrogens with one attached hydrogen (secondary N) is 2. The number of hydrogen-bond donors (Lipinski definition) is 2. The predicted molar refractivity (Wildman–Crippen MR) is 109 cm³/mol. The monoisotopic (exact) mass is 363 g/mol. The van der Waals surface area contributed by atoms with E-state index in [1.165, 1.54) is 12.5 Å². The van der Waals surface area contributed by atoms with Gasteiger partial charge in [0.1, 0.15) is 5.75 Å². The summed E-state index contributed by atoms with van der Waals surface area (Å²) in [6.07, 6.45) is 1.89. The van der Waals surface area contributed by atoms with Gasteiger partial charge in [-0.25, -0.2) is 4.98 Å². The van der Waals surface area contributed by atoms with Crippen molar-refractivity contribution < 1.29 is 9.53 Å². The summed E-state index contributed by atoms with van der Waals surface area (Å²) >= 11 is 0. The molecule has 1 heterocycles. The molecule has 27 heavy (non-hydrogen) atoms. The Morgan fingerprint density at radius 3 is 2.59 bits per heavy atom. The first-order valence-electron chi connectivity index (χ1n) is 9.30. The number of carbonyl (C=O) groups excluding carboxylic acids is 1. The number of amides is 1. The minimum atomic E-state index is -0.00609. The van der Waals surface area contributed by atoms with Crippen molar-refractivity contribution in [3.8, 4) is 11.6 Å². The highest BCUT2D eigenvalue weighted by Gasteiger charge is 2.03. The molecule has 0 unspecified atom stereocenters. The Morgan fingerprint density at radius 1 is 1.04 bits per heavy atom. The second-order valence-corrected chi connectivity index (χ2v) is 6.46. The zero-order valence-electron chi connectivity index (χ0n) is 15.8. The lowest BCUT2D eigenvalue weighted by Crippen LogP contribution is -2.22. The largest absolute Gasteiger partial charge is 0.439 e. The first-order valence-corrected chi connectivity index (χ1v) is 9.30. The van der Waals surface area contributed by atoms with Crippen LogP contribution in [0.5, 0.6) is 11.6 Å². The molecular formula is C22H25N3O2. The van der Waals surface area contributed by atoms with Crippen LogP contribution in [0.1, 0.15) is 25.8 Å². The van der Waals surface area contributed by atoms with Gasteiger partial charge in [-0.05, 0) is 60.9 Å². The van der Waals surface area contributed by atoms with Crippen LogP contribution in [0.4, 0.5) is 5.69 Å². The first kappa shape index (κ1) is 18.7. The maximum absolute atomic E-state index is 11.0. The number of fused-ring (bicyclic) bond motifs is 1. The summed E-state index contributed by atoms with van der Waals surface area (Å²) in [6, 6.07) is 17.9. The van der Waals surface area contributed by atoms with Gasteiger partial charge < -0.3 is 15.4 Å². The van der Waals surface area contributed by atoms with Crippen LogP contribution in [0.15, 0.2) is 54.6 Å². The van der Waals surface area contributed by atoms with Crippen molar-refractivity contribution in [3.05, 3.63) is 60.2 Å². The van der Waals surface area contributed by atoms with Gasteiger partial charge in [-0.3, -0.25) is 4.79 Å². The molecule has 3 rings (SSSR count). The van der Waals surface area contributed by atoms with Gasteiger partial charge in [-0.15, -0.1) is 0 Å². The van der Waals surface area contributed by atoms with Gasteiger partial charge in [-0.1, -0.05) is 13.0 Å². The summed E-state index contributed by atoms with van der Waals surface area (Å²) in [6.45, 7) is 5.26. The number of rotatable bonds is 8. The molecule has 0 radical (unpaired) electrons. The molecule has 2 aromatic carbocycles. The molecule has 1 aromatic heterocycles. The Bertz CT molecular complexity index is 907. The summed E-state index contributed by atoms with van der Waals surface area (Å²) in [5.41, 5.74) is 3.14. The van der Waals surface area contributed by atoms with E-state index >= 15 is 0 Å². The molecule has 5 nitrogen and oxygen atoms in total. The molecule has 0 saturated heterocycles. The van der Waals surface area contributed by atoms with Gasteiger partial charge in [0.15, 0.2) is 0 Å². The van der Waals surface area contributed by atoms with Crippen LogP contribution < -0.4 is 15.4 Å². The van der Waals surface area contributed by atoms with E-state index in [2.05, 4.69) is 28.6 Å². The van der Waals surface area contributed by atoms with E-state index in [1.807, 2.05) is 48.5 Å². The lowest BCUT2D eigenvalue weighted by atomic mass is 10.1. The summed E-state index contributed by atoms with van der Waals surface area (Å²) in [4.78, 5) is 15.5. The zero-order valence-corrected chi connectivity index (χ0v) is 15.8. The Morgan fingerprint density at radius 2 is 1.85 bits per heavy atom. The van der Waals surface area contributed by atoms with Crippen molar-refractivity contribution in [2.24, 2.45) is 0 Å². The van der Waals surface area contributed by atoms with E-state index in [-0.39, 0.29) is 5.91 Å². The molecule has 3 aromatic rings. The fourth-order valence-corrected chi connectivity index (χ4v) is 2.78. The van der Waals surface area contributed by atoms with E-state index < -0.39 is 0 Å². The maximum Gasteiger partial charge on any atom is 0.219 e. The lowest BCUT2D eigenvalue weighted by Gasteiger charge is -2.09. The minimum absolute atomic E-state index is 0.00609. The zero-order chi connectivity index (χ0) is 19.1. The molecule has 140 valence electrons. The highest BCUT2D eigenvalue weighted by Crippen LogP contribution is 2.24. The number of ether oxygens (including phenoxy) is 1. The minimum Gasteiger partial charge on any atom is -0.439 e. The second kappa shape index (κ2) is 9.03. The van der Waals surface area contributed by atoms with Crippen LogP contribution >= 0.6 is 0 Å². The third-order valence-corrected chi connectivity index (χ3v) is 4.17. The summed E-state index contributed by atoms with van der Waals surface area (Å²) < 4.78 is 5.88. The average molecular weight is 363 g/mol. The number of nitrogens with zero attached hydrogens (tertiary/aromatic N) is 1. The van der Waals surface area contributed by atoms with E-state index in [1.54, 1.807) is 0 Å². The topological polar surface area (TPSA) is 63.2 Å².